The second kappa shape index (κ2) is 13.2. The van der Waals surface area contributed by atoms with E-state index in [9.17, 15) is 24.4 Å². The second-order valence-corrected chi connectivity index (χ2v) is 16.1. The number of rotatable bonds is 12. The van der Waals surface area contributed by atoms with Gasteiger partial charge in [-0.25, -0.2) is 4.98 Å². The average Bonchev–Trinajstić information content (AvgIpc) is 3.86. The van der Waals surface area contributed by atoms with Crippen molar-refractivity contribution in [2.45, 2.75) is 104 Å². The number of likely N-dealkylation sites (tertiary alicyclic amines) is 1. The smallest absolute Gasteiger partial charge is 0.306 e. The van der Waals surface area contributed by atoms with Crippen LogP contribution in [0.4, 0.5) is 0 Å². The van der Waals surface area contributed by atoms with Crippen LogP contribution in [0.3, 0.4) is 0 Å². The molecule has 4 aliphatic rings. The zero-order valence-corrected chi connectivity index (χ0v) is 30.0. The number of ketones is 2. The zero-order chi connectivity index (χ0) is 35.4. The minimum Gasteiger partial charge on any atom is -0.495 e. The Hall–Kier alpha value is -3.71. The van der Waals surface area contributed by atoms with Gasteiger partial charge in [-0.15, -0.1) is 0 Å². The van der Waals surface area contributed by atoms with E-state index in [1.807, 2.05) is 27.7 Å². The van der Waals surface area contributed by atoms with Crippen molar-refractivity contribution in [2.24, 2.45) is 34.5 Å². The Morgan fingerprint density at radius 2 is 1.82 bits per heavy atom. The van der Waals surface area contributed by atoms with Crippen molar-refractivity contribution >= 4 is 45.9 Å². The molecule has 49 heavy (non-hydrogen) atoms. The van der Waals surface area contributed by atoms with Gasteiger partial charge in [0.1, 0.15) is 46.3 Å². The van der Waals surface area contributed by atoms with Crippen LogP contribution < -0.4 is 9.47 Å². The number of carbonyl (C=O) groups excluding carboxylic acids is 4. The van der Waals surface area contributed by atoms with Crippen molar-refractivity contribution < 1.29 is 33.4 Å². The molecule has 0 radical (unpaired) electrons. The molecule has 2 heterocycles. The van der Waals surface area contributed by atoms with Gasteiger partial charge in [-0.3, -0.25) is 19.2 Å². The van der Waals surface area contributed by atoms with E-state index in [-0.39, 0.29) is 66.0 Å². The minimum atomic E-state index is -0.845. The topological polar surface area (TPSA) is 136 Å². The van der Waals surface area contributed by atoms with Gasteiger partial charge in [0.2, 0.25) is 5.91 Å². The number of methoxy groups -OCH3 is 1. The summed E-state index contributed by atoms with van der Waals surface area (Å²) >= 11 is 6.57. The Labute approximate surface area is 292 Å². The maximum Gasteiger partial charge on any atom is 0.306 e. The second-order valence-electron chi connectivity index (χ2n) is 15.7. The van der Waals surface area contributed by atoms with Gasteiger partial charge < -0.3 is 19.1 Å². The summed E-state index contributed by atoms with van der Waals surface area (Å²) in [6.45, 7) is 9.40. The molecule has 1 aromatic heterocycles. The number of esters is 1. The summed E-state index contributed by atoms with van der Waals surface area (Å²) in [6, 6.07) is 6.16. The number of pyridine rings is 1. The summed E-state index contributed by atoms with van der Waals surface area (Å²) in [6.07, 6.45) is 3.88. The molecule has 1 aliphatic heterocycles. The SMILES string of the molecule is CC[C@@H]1C[C@]1(CC(=O)[C@@H]1C[C@@H](Oc2cc(C#N)nc3c(Cl)c(OC)ccc23)CN1C(=O)[C@@H](CC(=O)OC1C[C@@H]2C[C@@H]2C1)C(C)(C)C)C(C)=O. The van der Waals surface area contributed by atoms with Gasteiger partial charge in [-0.05, 0) is 67.9 Å². The Morgan fingerprint density at radius 3 is 2.41 bits per heavy atom. The number of aromatic nitrogens is 1. The van der Waals surface area contributed by atoms with Crippen molar-refractivity contribution in [3.05, 3.63) is 28.9 Å². The molecule has 1 unspecified atom stereocenters. The van der Waals surface area contributed by atoms with Gasteiger partial charge in [0.05, 0.1) is 37.6 Å². The maximum absolute atomic E-state index is 14.6. The third kappa shape index (κ3) is 6.88. The lowest BCUT2D eigenvalue weighted by atomic mass is 9.77. The largest absolute Gasteiger partial charge is 0.495 e. The number of carbonyl (C=O) groups is 4. The Balaban J connectivity index is 1.28. The number of ether oxygens (including phenoxy) is 3. The number of nitriles is 1. The quantitative estimate of drug-likeness (QED) is 0.229. The molecule has 1 amide bonds. The van der Waals surface area contributed by atoms with E-state index in [0.29, 0.717) is 40.7 Å². The fourth-order valence-electron chi connectivity index (χ4n) is 8.37. The highest BCUT2D eigenvalue weighted by molar-refractivity contribution is 6.36. The predicted octanol–water partition coefficient (Wildman–Crippen LogP) is 6.48. The number of amides is 1. The van der Waals surface area contributed by atoms with E-state index in [4.69, 9.17) is 25.8 Å². The van der Waals surface area contributed by atoms with Gasteiger partial charge in [-0.2, -0.15) is 5.26 Å². The lowest BCUT2D eigenvalue weighted by molar-refractivity contribution is -0.156. The van der Waals surface area contributed by atoms with Crippen molar-refractivity contribution in [2.75, 3.05) is 13.7 Å². The van der Waals surface area contributed by atoms with E-state index >= 15 is 0 Å². The molecule has 11 heteroatoms. The fraction of sp³-hybridized carbons (Fsp3) is 0.632. The Kier molecular flexibility index (Phi) is 9.46. The van der Waals surface area contributed by atoms with Crippen LogP contribution in [-0.2, 0) is 23.9 Å². The van der Waals surface area contributed by atoms with Crippen LogP contribution in [0.5, 0.6) is 11.5 Å². The monoisotopic (exact) mass is 691 g/mol. The minimum absolute atomic E-state index is 0.00386. The first-order chi connectivity index (χ1) is 23.2. The van der Waals surface area contributed by atoms with E-state index in [1.54, 1.807) is 24.0 Å². The maximum atomic E-state index is 14.6. The molecule has 8 atom stereocenters. The van der Waals surface area contributed by atoms with Gasteiger partial charge >= 0.3 is 5.97 Å². The fourth-order valence-corrected chi connectivity index (χ4v) is 8.65. The summed E-state index contributed by atoms with van der Waals surface area (Å²) in [7, 11) is 1.49. The number of nitrogens with zero attached hydrogens (tertiary/aromatic N) is 3. The number of hydrogen-bond acceptors (Lipinski definition) is 9. The van der Waals surface area contributed by atoms with Gasteiger partial charge in [0.15, 0.2) is 5.78 Å². The summed E-state index contributed by atoms with van der Waals surface area (Å²) in [5.74, 6) is 0.552. The number of Topliss-reactive ketones (excluding diaryl/α,β-unsaturated/α-hetero) is 2. The molecule has 1 aromatic carbocycles. The highest BCUT2D eigenvalue weighted by Gasteiger charge is 2.59. The Morgan fingerprint density at radius 1 is 1.10 bits per heavy atom. The highest BCUT2D eigenvalue weighted by atomic mass is 35.5. The Bertz CT molecular complexity index is 1720. The molecule has 3 aliphatic carbocycles. The lowest BCUT2D eigenvalue weighted by Gasteiger charge is -2.35. The number of hydrogen-bond donors (Lipinski definition) is 0. The third-order valence-electron chi connectivity index (χ3n) is 11.5. The van der Waals surface area contributed by atoms with Crippen molar-refractivity contribution in [3.63, 3.8) is 0 Å². The van der Waals surface area contributed by atoms with Crippen molar-refractivity contribution in [1.82, 2.24) is 9.88 Å². The van der Waals surface area contributed by atoms with Crippen LogP contribution in [0.2, 0.25) is 5.02 Å². The number of halogens is 1. The molecule has 0 N–H and O–H groups in total. The van der Waals surface area contributed by atoms with Gasteiger partial charge in [-0.1, -0.05) is 45.7 Å². The predicted molar refractivity (Wildman–Crippen MR) is 182 cm³/mol. The summed E-state index contributed by atoms with van der Waals surface area (Å²) in [5, 5.41) is 10.5. The molecule has 1 saturated heterocycles. The molecule has 0 bridgehead atoms. The van der Waals surface area contributed by atoms with Crippen molar-refractivity contribution in [3.8, 4) is 17.6 Å². The van der Waals surface area contributed by atoms with Crippen LogP contribution in [0.15, 0.2) is 18.2 Å². The first-order valence-corrected chi connectivity index (χ1v) is 17.8. The van der Waals surface area contributed by atoms with Crippen LogP contribution in [0, 0.1) is 45.8 Å². The summed E-state index contributed by atoms with van der Waals surface area (Å²) < 4.78 is 17.7. The van der Waals surface area contributed by atoms with E-state index in [0.717, 1.165) is 19.3 Å². The summed E-state index contributed by atoms with van der Waals surface area (Å²) in [4.78, 5) is 60.7. The van der Waals surface area contributed by atoms with E-state index in [1.165, 1.54) is 19.6 Å². The molecule has 10 nitrogen and oxygen atoms in total. The van der Waals surface area contributed by atoms with Crippen LogP contribution in [-0.4, -0.2) is 65.2 Å². The van der Waals surface area contributed by atoms with Gasteiger partial charge in [0.25, 0.3) is 0 Å². The first-order valence-electron chi connectivity index (χ1n) is 17.5. The lowest BCUT2D eigenvalue weighted by Crippen LogP contribution is -2.48. The van der Waals surface area contributed by atoms with Gasteiger partial charge in [0, 0.05) is 29.7 Å². The van der Waals surface area contributed by atoms with E-state index < -0.39 is 34.9 Å². The van der Waals surface area contributed by atoms with Crippen LogP contribution in [0.25, 0.3) is 10.9 Å². The third-order valence-corrected chi connectivity index (χ3v) is 11.9. The highest BCUT2D eigenvalue weighted by Crippen LogP contribution is 2.58. The molecular formula is C38H46ClN3O7. The molecule has 4 fully saturated rings. The van der Waals surface area contributed by atoms with E-state index in [2.05, 4.69) is 11.1 Å². The van der Waals surface area contributed by atoms with Crippen molar-refractivity contribution in [1.29, 1.82) is 5.26 Å². The molecule has 0 spiro atoms. The molecule has 262 valence electrons. The zero-order valence-electron chi connectivity index (χ0n) is 29.2. The normalized spacial score (nSPS) is 29.1. The van der Waals surface area contributed by atoms with Crippen LogP contribution in [0.1, 0.15) is 91.7 Å². The standard InChI is InChI=1S/C38H46ClN3O7/c1-7-23-16-38(23,20(2)43)17-30(44)29-14-26(48-32-13-24(18-40)41-35-27(32)8-9-31(47-6)34(35)39)19-42(29)36(46)28(37(3,4)5)15-33(45)49-25-11-21-10-22(21)12-25/h8-9,13,21-23,25-26,28-29H,7,10-12,14-17,19H2,1-6H3/t21-,22+,23-,25?,26-,28-,29+,38+/m1/s1. The number of fused-ring (bicyclic) bond motifs is 2. The first kappa shape index (κ1) is 35.1. The molecule has 3 saturated carbocycles. The molecular weight excluding hydrogens is 646 g/mol. The van der Waals surface area contributed by atoms with Crippen LogP contribution >= 0.6 is 11.6 Å². The molecule has 2 aromatic rings. The number of benzene rings is 1. The molecule has 6 rings (SSSR count). The average molecular weight is 692 g/mol. The summed E-state index contributed by atoms with van der Waals surface area (Å²) in [5.41, 5.74) is -0.885.